The molecule has 88 valence electrons. The zero-order chi connectivity index (χ0) is 12.1. The summed E-state index contributed by atoms with van der Waals surface area (Å²) in [6.45, 7) is 0.798. The van der Waals surface area contributed by atoms with Crippen molar-refractivity contribution in [1.29, 1.82) is 0 Å². The fraction of sp³-hybridized carbons (Fsp3) is 0.143. The van der Waals surface area contributed by atoms with E-state index in [0.717, 1.165) is 22.5 Å². The monoisotopic (exact) mass is 291 g/mol. The molecule has 0 heterocycles. The van der Waals surface area contributed by atoms with Gasteiger partial charge in [0.2, 0.25) is 0 Å². The van der Waals surface area contributed by atoms with Gasteiger partial charge < -0.3 is 10.1 Å². The highest BCUT2D eigenvalue weighted by Gasteiger charge is 2.04. The Balaban J connectivity index is 2.09. The standard InChI is InChI=1S/C14H14BrNO/c1-17-13-9-5-8-12(14(13)15)16-10-11-6-3-2-4-7-11/h2-9,16H,10H2,1H3. The number of anilines is 1. The number of nitrogens with one attached hydrogen (secondary N) is 1. The maximum atomic E-state index is 5.25. The Morgan fingerprint density at radius 1 is 1.06 bits per heavy atom. The van der Waals surface area contributed by atoms with E-state index in [9.17, 15) is 0 Å². The molecule has 0 aliphatic heterocycles. The summed E-state index contributed by atoms with van der Waals surface area (Å²) in [6, 6.07) is 16.2. The molecule has 0 unspecified atom stereocenters. The third-order valence-electron chi connectivity index (χ3n) is 2.51. The van der Waals surface area contributed by atoms with E-state index in [1.54, 1.807) is 7.11 Å². The lowest BCUT2D eigenvalue weighted by atomic mass is 10.2. The summed E-state index contributed by atoms with van der Waals surface area (Å²) in [4.78, 5) is 0. The van der Waals surface area contributed by atoms with Crippen LogP contribution < -0.4 is 10.1 Å². The normalized spacial score (nSPS) is 10.0. The van der Waals surface area contributed by atoms with E-state index in [-0.39, 0.29) is 0 Å². The van der Waals surface area contributed by atoms with E-state index in [1.807, 2.05) is 36.4 Å². The van der Waals surface area contributed by atoms with Crippen LogP contribution in [0, 0.1) is 0 Å². The average Bonchev–Trinajstić information content (AvgIpc) is 2.39. The van der Waals surface area contributed by atoms with Crippen LogP contribution in [-0.2, 0) is 6.54 Å². The summed E-state index contributed by atoms with van der Waals surface area (Å²) in [5, 5.41) is 3.38. The SMILES string of the molecule is COc1cccc(NCc2ccccc2)c1Br. The number of hydrogen-bond donors (Lipinski definition) is 1. The molecular formula is C14H14BrNO. The molecule has 17 heavy (non-hydrogen) atoms. The minimum atomic E-state index is 0.798. The second-order valence-electron chi connectivity index (χ2n) is 3.66. The van der Waals surface area contributed by atoms with E-state index < -0.39 is 0 Å². The fourth-order valence-corrected chi connectivity index (χ4v) is 2.16. The second-order valence-corrected chi connectivity index (χ2v) is 4.45. The molecule has 0 aliphatic carbocycles. The molecule has 0 fully saturated rings. The first-order valence-corrected chi connectivity index (χ1v) is 6.21. The zero-order valence-corrected chi connectivity index (χ0v) is 11.2. The van der Waals surface area contributed by atoms with Crippen molar-refractivity contribution in [2.75, 3.05) is 12.4 Å². The average molecular weight is 292 g/mol. The second kappa shape index (κ2) is 5.73. The van der Waals surface area contributed by atoms with Crippen LogP contribution >= 0.6 is 15.9 Å². The lowest BCUT2D eigenvalue weighted by Crippen LogP contribution is -2.00. The summed E-state index contributed by atoms with van der Waals surface area (Å²) in [7, 11) is 1.67. The van der Waals surface area contributed by atoms with Gasteiger partial charge in [-0.05, 0) is 33.6 Å². The highest BCUT2D eigenvalue weighted by atomic mass is 79.9. The topological polar surface area (TPSA) is 21.3 Å². The lowest BCUT2D eigenvalue weighted by Gasteiger charge is -2.11. The van der Waals surface area contributed by atoms with Gasteiger partial charge in [-0.3, -0.25) is 0 Å². The molecule has 0 radical (unpaired) electrons. The van der Waals surface area contributed by atoms with Crippen LogP contribution in [0.25, 0.3) is 0 Å². The Kier molecular flexibility index (Phi) is 4.04. The first-order chi connectivity index (χ1) is 8.31. The van der Waals surface area contributed by atoms with E-state index in [2.05, 4.69) is 33.4 Å². The van der Waals surface area contributed by atoms with Crippen molar-refractivity contribution in [1.82, 2.24) is 0 Å². The highest BCUT2D eigenvalue weighted by molar-refractivity contribution is 9.10. The molecule has 0 aromatic heterocycles. The van der Waals surface area contributed by atoms with Gasteiger partial charge in [0.25, 0.3) is 0 Å². The summed E-state index contributed by atoms with van der Waals surface area (Å²) in [5.74, 6) is 0.836. The van der Waals surface area contributed by atoms with E-state index in [4.69, 9.17) is 4.74 Å². The summed E-state index contributed by atoms with van der Waals surface area (Å²) < 4.78 is 6.21. The predicted molar refractivity (Wildman–Crippen MR) is 74.5 cm³/mol. The number of methoxy groups -OCH3 is 1. The van der Waals surface area contributed by atoms with Crippen LogP contribution in [0.4, 0.5) is 5.69 Å². The Hall–Kier alpha value is -1.48. The van der Waals surface area contributed by atoms with E-state index in [0.29, 0.717) is 0 Å². The van der Waals surface area contributed by atoms with Gasteiger partial charge in [0.1, 0.15) is 5.75 Å². The molecule has 2 aromatic rings. The molecule has 2 nitrogen and oxygen atoms in total. The zero-order valence-electron chi connectivity index (χ0n) is 9.61. The molecule has 0 saturated carbocycles. The van der Waals surface area contributed by atoms with Crippen molar-refractivity contribution < 1.29 is 4.74 Å². The van der Waals surface area contributed by atoms with Gasteiger partial charge in [0.05, 0.1) is 17.3 Å². The van der Waals surface area contributed by atoms with Crippen LogP contribution in [0.2, 0.25) is 0 Å². The predicted octanol–water partition coefficient (Wildman–Crippen LogP) is 4.07. The number of rotatable bonds is 4. The van der Waals surface area contributed by atoms with Crippen LogP contribution in [-0.4, -0.2) is 7.11 Å². The van der Waals surface area contributed by atoms with Crippen molar-refractivity contribution >= 4 is 21.6 Å². The summed E-state index contributed by atoms with van der Waals surface area (Å²) in [6.07, 6.45) is 0. The number of ether oxygens (including phenoxy) is 1. The van der Waals surface area contributed by atoms with Crippen molar-refractivity contribution in [3.05, 3.63) is 58.6 Å². The largest absolute Gasteiger partial charge is 0.495 e. The molecule has 0 atom stereocenters. The summed E-state index contributed by atoms with van der Waals surface area (Å²) >= 11 is 3.53. The van der Waals surface area contributed by atoms with Crippen LogP contribution in [0.15, 0.2) is 53.0 Å². The molecule has 1 N–H and O–H groups in total. The van der Waals surface area contributed by atoms with Crippen molar-refractivity contribution in [2.45, 2.75) is 6.54 Å². The Labute approximate surface area is 110 Å². The van der Waals surface area contributed by atoms with Gasteiger partial charge >= 0.3 is 0 Å². The van der Waals surface area contributed by atoms with Gasteiger partial charge in [-0.1, -0.05) is 36.4 Å². The maximum absolute atomic E-state index is 5.25. The molecule has 0 aliphatic rings. The third-order valence-corrected chi connectivity index (χ3v) is 3.33. The van der Waals surface area contributed by atoms with Crippen molar-refractivity contribution in [3.63, 3.8) is 0 Å². The van der Waals surface area contributed by atoms with Crippen LogP contribution in [0.1, 0.15) is 5.56 Å². The van der Waals surface area contributed by atoms with E-state index in [1.165, 1.54) is 5.56 Å². The quantitative estimate of drug-likeness (QED) is 0.917. The lowest BCUT2D eigenvalue weighted by molar-refractivity contribution is 0.412. The first-order valence-electron chi connectivity index (χ1n) is 5.41. The minimum absolute atomic E-state index is 0.798. The molecular weight excluding hydrogens is 278 g/mol. The molecule has 0 spiro atoms. The Morgan fingerprint density at radius 3 is 2.53 bits per heavy atom. The highest BCUT2D eigenvalue weighted by Crippen LogP contribution is 2.32. The van der Waals surface area contributed by atoms with Gasteiger partial charge in [-0.2, -0.15) is 0 Å². The fourth-order valence-electron chi connectivity index (χ4n) is 1.60. The van der Waals surface area contributed by atoms with Crippen LogP contribution in [0.5, 0.6) is 5.75 Å². The Morgan fingerprint density at radius 2 is 1.82 bits per heavy atom. The maximum Gasteiger partial charge on any atom is 0.135 e. The minimum Gasteiger partial charge on any atom is -0.495 e. The van der Waals surface area contributed by atoms with Gasteiger partial charge in [0.15, 0.2) is 0 Å². The molecule has 0 bridgehead atoms. The molecule has 2 aromatic carbocycles. The van der Waals surface area contributed by atoms with Crippen molar-refractivity contribution in [2.24, 2.45) is 0 Å². The molecule has 0 saturated heterocycles. The van der Waals surface area contributed by atoms with Crippen LogP contribution in [0.3, 0.4) is 0 Å². The third kappa shape index (κ3) is 3.01. The van der Waals surface area contributed by atoms with Gasteiger partial charge in [-0.15, -0.1) is 0 Å². The van der Waals surface area contributed by atoms with E-state index >= 15 is 0 Å². The van der Waals surface area contributed by atoms with Gasteiger partial charge in [-0.25, -0.2) is 0 Å². The smallest absolute Gasteiger partial charge is 0.135 e. The number of halogens is 1. The van der Waals surface area contributed by atoms with Crippen molar-refractivity contribution in [3.8, 4) is 5.75 Å². The Bertz CT molecular complexity index is 485. The molecule has 0 amide bonds. The molecule has 3 heteroatoms. The summed E-state index contributed by atoms with van der Waals surface area (Å²) in [5.41, 5.74) is 2.29. The van der Waals surface area contributed by atoms with Gasteiger partial charge in [0, 0.05) is 6.54 Å². The number of benzene rings is 2. The molecule has 2 rings (SSSR count). The number of hydrogen-bond acceptors (Lipinski definition) is 2. The first kappa shape index (κ1) is 12.0.